The molecule has 0 bridgehead atoms. The average Bonchev–Trinajstić information content (AvgIpc) is 2.35. The van der Waals surface area contributed by atoms with Gasteiger partial charge in [-0.15, -0.1) is 0 Å². The molecule has 21 heavy (non-hydrogen) atoms. The molecule has 0 unspecified atom stereocenters. The Morgan fingerprint density at radius 3 is 2.24 bits per heavy atom. The minimum Gasteiger partial charge on any atom is -0.481 e. The molecular formula is C14H18F2N2O3. The summed E-state index contributed by atoms with van der Waals surface area (Å²) in [5.74, 6) is -2.35. The summed E-state index contributed by atoms with van der Waals surface area (Å²) in [7, 11) is 0. The number of halogens is 2. The van der Waals surface area contributed by atoms with E-state index in [-0.39, 0.29) is 19.5 Å². The minimum absolute atomic E-state index is 0.0250. The topological polar surface area (TPSA) is 78.4 Å². The molecule has 3 N–H and O–H groups in total. The molecule has 0 saturated heterocycles. The van der Waals surface area contributed by atoms with Gasteiger partial charge in [0.1, 0.15) is 11.6 Å². The van der Waals surface area contributed by atoms with Crippen LogP contribution in [-0.4, -0.2) is 30.2 Å². The molecule has 1 rings (SSSR count). The highest BCUT2D eigenvalue weighted by Crippen LogP contribution is 2.12. The van der Waals surface area contributed by atoms with Gasteiger partial charge >= 0.3 is 12.0 Å². The van der Waals surface area contributed by atoms with E-state index >= 15 is 0 Å². The summed E-state index contributed by atoms with van der Waals surface area (Å²) in [6.07, 6.45) is 0.268. The van der Waals surface area contributed by atoms with Crippen molar-refractivity contribution in [1.29, 1.82) is 0 Å². The Hall–Kier alpha value is -2.18. The lowest BCUT2D eigenvalue weighted by molar-refractivity contribution is -0.146. The van der Waals surface area contributed by atoms with Gasteiger partial charge in [0, 0.05) is 19.2 Å². The van der Waals surface area contributed by atoms with Gasteiger partial charge in [0.15, 0.2) is 0 Å². The van der Waals surface area contributed by atoms with E-state index < -0.39 is 29.0 Å². The van der Waals surface area contributed by atoms with E-state index in [1.54, 1.807) is 0 Å². The number of carbonyl (C=O) groups is 2. The molecule has 0 radical (unpaired) electrons. The number of benzene rings is 1. The van der Waals surface area contributed by atoms with E-state index in [1.165, 1.54) is 26.0 Å². The Bertz CT molecular complexity index is 513. The lowest BCUT2D eigenvalue weighted by Crippen LogP contribution is -2.43. The third kappa shape index (κ3) is 5.76. The fraction of sp³-hybridized carbons (Fsp3) is 0.429. The van der Waals surface area contributed by atoms with Gasteiger partial charge in [-0.1, -0.05) is 0 Å². The number of carbonyl (C=O) groups excluding carboxylic acids is 1. The summed E-state index contributed by atoms with van der Waals surface area (Å²) < 4.78 is 25.9. The van der Waals surface area contributed by atoms with Crippen LogP contribution in [0.4, 0.5) is 13.6 Å². The van der Waals surface area contributed by atoms with E-state index in [9.17, 15) is 18.4 Å². The van der Waals surface area contributed by atoms with Gasteiger partial charge in [-0.05, 0) is 38.0 Å². The van der Waals surface area contributed by atoms with Crippen LogP contribution < -0.4 is 10.6 Å². The van der Waals surface area contributed by atoms with Crippen molar-refractivity contribution in [3.8, 4) is 0 Å². The first kappa shape index (κ1) is 16.9. The van der Waals surface area contributed by atoms with Gasteiger partial charge in [-0.25, -0.2) is 13.6 Å². The maximum Gasteiger partial charge on any atom is 0.314 e. The molecule has 5 nitrogen and oxygen atoms in total. The molecule has 0 aliphatic rings. The molecule has 1 aromatic carbocycles. The summed E-state index contributed by atoms with van der Waals surface area (Å²) in [6, 6.07) is 2.63. The van der Waals surface area contributed by atoms with Crippen LogP contribution in [0.1, 0.15) is 19.4 Å². The summed E-state index contributed by atoms with van der Waals surface area (Å²) >= 11 is 0. The van der Waals surface area contributed by atoms with Crippen molar-refractivity contribution in [3.05, 3.63) is 35.4 Å². The predicted octanol–water partition coefficient (Wildman–Crippen LogP) is 1.92. The third-order valence-corrected chi connectivity index (χ3v) is 2.89. The normalized spacial score (nSPS) is 11.0. The molecule has 0 aliphatic carbocycles. The second kappa shape index (κ2) is 7.01. The zero-order chi connectivity index (χ0) is 16.0. The van der Waals surface area contributed by atoms with Crippen molar-refractivity contribution in [2.24, 2.45) is 5.41 Å². The number of urea groups is 1. The molecule has 0 aromatic heterocycles. The molecule has 0 saturated carbocycles. The molecule has 0 aliphatic heterocycles. The van der Waals surface area contributed by atoms with Crippen molar-refractivity contribution >= 4 is 12.0 Å². The quantitative estimate of drug-likeness (QED) is 0.751. The Morgan fingerprint density at radius 2 is 1.71 bits per heavy atom. The summed E-state index contributed by atoms with van der Waals surface area (Å²) in [6.45, 7) is 3.14. The lowest BCUT2D eigenvalue weighted by atomic mass is 9.94. The minimum atomic E-state index is -1.07. The Morgan fingerprint density at radius 1 is 1.14 bits per heavy atom. The first-order valence-electron chi connectivity index (χ1n) is 6.41. The first-order valence-corrected chi connectivity index (χ1v) is 6.41. The van der Waals surface area contributed by atoms with Gasteiger partial charge in [-0.3, -0.25) is 4.79 Å². The number of amides is 2. The van der Waals surface area contributed by atoms with Crippen LogP contribution in [0, 0.1) is 17.0 Å². The maximum atomic E-state index is 12.9. The Labute approximate surface area is 121 Å². The van der Waals surface area contributed by atoms with Gasteiger partial charge < -0.3 is 15.7 Å². The number of aliphatic carboxylic acids is 1. The van der Waals surface area contributed by atoms with Crippen molar-refractivity contribution in [3.63, 3.8) is 0 Å². The zero-order valence-electron chi connectivity index (χ0n) is 11.9. The number of carboxylic acid groups (broad SMARTS) is 1. The fourth-order valence-electron chi connectivity index (χ4n) is 1.52. The van der Waals surface area contributed by atoms with E-state index in [0.717, 1.165) is 6.07 Å². The number of nitrogens with one attached hydrogen (secondary N) is 2. The second-order valence-electron chi connectivity index (χ2n) is 5.33. The number of rotatable bonds is 6. The fourth-order valence-corrected chi connectivity index (χ4v) is 1.52. The molecule has 0 spiro atoms. The zero-order valence-corrected chi connectivity index (χ0v) is 11.9. The largest absolute Gasteiger partial charge is 0.481 e. The monoisotopic (exact) mass is 300 g/mol. The van der Waals surface area contributed by atoms with Crippen molar-refractivity contribution < 1.29 is 23.5 Å². The van der Waals surface area contributed by atoms with E-state index in [0.29, 0.717) is 5.56 Å². The first-order chi connectivity index (χ1) is 9.70. The van der Waals surface area contributed by atoms with Crippen LogP contribution in [0.25, 0.3) is 0 Å². The Balaban J connectivity index is 2.35. The summed E-state index contributed by atoms with van der Waals surface area (Å²) in [4.78, 5) is 22.3. The smallest absolute Gasteiger partial charge is 0.314 e. The lowest BCUT2D eigenvalue weighted by Gasteiger charge is -2.19. The van der Waals surface area contributed by atoms with Crippen LogP contribution in [-0.2, 0) is 11.2 Å². The molecule has 0 fully saturated rings. The average molecular weight is 300 g/mol. The SMILES string of the molecule is CC(C)(CNC(=O)NCCc1cc(F)cc(F)c1)C(=O)O. The molecule has 2 amide bonds. The van der Waals surface area contributed by atoms with Crippen molar-refractivity contribution in [2.75, 3.05) is 13.1 Å². The second-order valence-corrected chi connectivity index (χ2v) is 5.33. The van der Waals surface area contributed by atoms with Crippen molar-refractivity contribution in [2.45, 2.75) is 20.3 Å². The van der Waals surface area contributed by atoms with Gasteiger partial charge in [0.05, 0.1) is 5.41 Å². The van der Waals surface area contributed by atoms with Gasteiger partial charge in [0.25, 0.3) is 0 Å². The van der Waals surface area contributed by atoms with Crippen LogP contribution in [0.15, 0.2) is 18.2 Å². The van der Waals surface area contributed by atoms with Crippen LogP contribution in [0.3, 0.4) is 0 Å². The van der Waals surface area contributed by atoms with E-state index in [1.807, 2.05) is 0 Å². The highest BCUT2D eigenvalue weighted by Gasteiger charge is 2.27. The van der Waals surface area contributed by atoms with Crippen LogP contribution >= 0.6 is 0 Å². The molecule has 116 valence electrons. The molecule has 1 aromatic rings. The van der Waals surface area contributed by atoms with E-state index in [4.69, 9.17) is 5.11 Å². The molecule has 0 heterocycles. The Kier molecular flexibility index (Phi) is 5.63. The third-order valence-electron chi connectivity index (χ3n) is 2.89. The highest BCUT2D eigenvalue weighted by molar-refractivity contribution is 5.77. The van der Waals surface area contributed by atoms with E-state index in [2.05, 4.69) is 10.6 Å². The van der Waals surface area contributed by atoms with Crippen LogP contribution in [0.2, 0.25) is 0 Å². The van der Waals surface area contributed by atoms with Gasteiger partial charge in [0.2, 0.25) is 0 Å². The molecule has 0 atom stereocenters. The highest BCUT2D eigenvalue weighted by atomic mass is 19.1. The number of carboxylic acids is 1. The number of hydrogen-bond acceptors (Lipinski definition) is 2. The predicted molar refractivity (Wildman–Crippen MR) is 72.9 cm³/mol. The van der Waals surface area contributed by atoms with Gasteiger partial charge in [-0.2, -0.15) is 0 Å². The molecular weight excluding hydrogens is 282 g/mol. The summed E-state index contributed by atoms with van der Waals surface area (Å²) in [5, 5.41) is 13.8. The van der Waals surface area contributed by atoms with Crippen molar-refractivity contribution in [1.82, 2.24) is 10.6 Å². The standard InChI is InChI=1S/C14H18F2N2O3/c1-14(2,12(19)20)8-18-13(21)17-4-3-9-5-10(15)7-11(16)6-9/h5-7H,3-4,8H2,1-2H3,(H,19,20)(H2,17,18,21). The maximum absolute atomic E-state index is 12.9. The number of hydrogen-bond donors (Lipinski definition) is 3. The summed E-state index contributed by atoms with van der Waals surface area (Å²) in [5.41, 5.74) is -0.637. The molecule has 7 heteroatoms. The van der Waals surface area contributed by atoms with Crippen LogP contribution in [0.5, 0.6) is 0 Å².